The summed E-state index contributed by atoms with van der Waals surface area (Å²) in [7, 11) is 4.79. The zero-order chi connectivity index (χ0) is 16.9. The fraction of sp³-hybridized carbons (Fsp3) is 0.500. The third kappa shape index (κ3) is 5.27. The number of hydrogen-bond acceptors (Lipinski definition) is 4. The monoisotopic (exact) mass is 308 g/mol. The molecule has 0 aliphatic carbocycles. The average Bonchev–Trinajstić information content (AvgIpc) is 2.42. The van der Waals surface area contributed by atoms with Crippen LogP contribution in [0.3, 0.4) is 0 Å². The fourth-order valence-corrected chi connectivity index (χ4v) is 1.72. The summed E-state index contributed by atoms with van der Waals surface area (Å²) in [6, 6.07) is 6.84. The number of likely N-dealkylation sites (N-methyl/N-ethyl adjacent to an activating group) is 1. The molecule has 1 atom stereocenters. The summed E-state index contributed by atoms with van der Waals surface area (Å²) in [5.41, 5.74) is 0.145. The van der Waals surface area contributed by atoms with E-state index in [1.165, 1.54) is 4.90 Å². The Balaban J connectivity index is 2.97. The van der Waals surface area contributed by atoms with Crippen molar-refractivity contribution in [1.82, 2.24) is 10.2 Å². The molecular formula is C16H24N2O4. The van der Waals surface area contributed by atoms with Gasteiger partial charge in [-0.2, -0.15) is 0 Å². The largest absolute Gasteiger partial charge is 0.497 e. The average molecular weight is 308 g/mol. The van der Waals surface area contributed by atoms with Crippen molar-refractivity contribution in [3.8, 4) is 5.75 Å². The molecule has 1 aromatic rings. The predicted molar refractivity (Wildman–Crippen MR) is 83.8 cm³/mol. The van der Waals surface area contributed by atoms with E-state index in [9.17, 15) is 9.59 Å². The molecule has 1 N–H and O–H groups in total. The number of carbonyl (C=O) groups is 2. The maximum Gasteiger partial charge on any atom is 0.408 e. The zero-order valence-electron chi connectivity index (χ0n) is 14.0. The quantitative estimate of drug-likeness (QED) is 0.927. The molecule has 0 saturated carbocycles. The molecule has 6 nitrogen and oxygen atoms in total. The molecule has 0 aliphatic heterocycles. The predicted octanol–water partition coefficient (Wildman–Crippen LogP) is 2.35. The number of methoxy groups -OCH3 is 1. The molecule has 0 fully saturated rings. The number of rotatable bonds is 4. The van der Waals surface area contributed by atoms with E-state index in [1.54, 1.807) is 45.5 Å². The topological polar surface area (TPSA) is 67.9 Å². The van der Waals surface area contributed by atoms with Gasteiger partial charge in [0.15, 0.2) is 0 Å². The first kappa shape index (κ1) is 17.8. The Morgan fingerprint density at radius 3 is 2.09 bits per heavy atom. The van der Waals surface area contributed by atoms with Gasteiger partial charge >= 0.3 is 6.09 Å². The first-order valence-corrected chi connectivity index (χ1v) is 6.98. The van der Waals surface area contributed by atoms with Crippen molar-refractivity contribution in [3.63, 3.8) is 0 Å². The molecular weight excluding hydrogens is 284 g/mol. The van der Waals surface area contributed by atoms with Crippen LogP contribution in [0.4, 0.5) is 4.79 Å². The minimum Gasteiger partial charge on any atom is -0.497 e. The van der Waals surface area contributed by atoms with Gasteiger partial charge < -0.3 is 19.7 Å². The Bertz CT molecular complexity index is 518. The molecule has 2 amide bonds. The Morgan fingerprint density at radius 1 is 1.14 bits per heavy atom. The smallest absolute Gasteiger partial charge is 0.408 e. The van der Waals surface area contributed by atoms with Gasteiger partial charge in [0.1, 0.15) is 5.75 Å². The molecule has 1 rings (SSSR count). The van der Waals surface area contributed by atoms with Crippen molar-refractivity contribution in [2.75, 3.05) is 21.2 Å². The lowest BCUT2D eigenvalue weighted by molar-refractivity contribution is -0.138. The molecule has 0 aliphatic rings. The second-order valence-electron chi connectivity index (χ2n) is 6.17. The Labute approximate surface area is 131 Å². The van der Waals surface area contributed by atoms with Crippen LogP contribution < -0.4 is 10.1 Å². The van der Waals surface area contributed by atoms with Crippen LogP contribution in [0.25, 0.3) is 0 Å². The highest BCUT2D eigenvalue weighted by molar-refractivity contribution is 5.84. The second kappa shape index (κ2) is 7.15. The Kier molecular flexibility index (Phi) is 5.79. The van der Waals surface area contributed by atoms with Crippen LogP contribution in [-0.2, 0) is 9.53 Å². The lowest BCUT2D eigenvalue weighted by Gasteiger charge is -2.25. The molecule has 0 radical (unpaired) electrons. The SMILES string of the molecule is COc1ccc([C@H](OC(=O)NC(C)(C)C)C(=O)N(C)C)cc1. The number of nitrogens with zero attached hydrogens (tertiary/aromatic N) is 1. The molecule has 1 aromatic carbocycles. The number of hydrogen-bond donors (Lipinski definition) is 1. The third-order valence-electron chi connectivity index (χ3n) is 2.79. The van der Waals surface area contributed by atoms with Gasteiger partial charge in [0.2, 0.25) is 6.10 Å². The molecule has 22 heavy (non-hydrogen) atoms. The van der Waals surface area contributed by atoms with E-state index >= 15 is 0 Å². The number of benzene rings is 1. The summed E-state index contributed by atoms with van der Waals surface area (Å²) in [6.07, 6.45) is -1.63. The molecule has 0 unspecified atom stereocenters. The molecule has 122 valence electrons. The molecule has 6 heteroatoms. The summed E-state index contributed by atoms with van der Waals surface area (Å²) < 4.78 is 10.4. The van der Waals surface area contributed by atoms with Gasteiger partial charge in [0.25, 0.3) is 5.91 Å². The number of nitrogens with one attached hydrogen (secondary N) is 1. The molecule has 0 spiro atoms. The van der Waals surface area contributed by atoms with Crippen molar-refractivity contribution in [2.24, 2.45) is 0 Å². The van der Waals surface area contributed by atoms with E-state index in [2.05, 4.69) is 5.32 Å². The Morgan fingerprint density at radius 2 is 1.68 bits per heavy atom. The Hall–Kier alpha value is -2.24. The van der Waals surface area contributed by atoms with Crippen LogP contribution >= 0.6 is 0 Å². The van der Waals surface area contributed by atoms with E-state index in [1.807, 2.05) is 20.8 Å². The van der Waals surface area contributed by atoms with Crippen molar-refractivity contribution < 1.29 is 19.1 Å². The maximum atomic E-state index is 12.3. The van der Waals surface area contributed by atoms with Gasteiger partial charge in [-0.15, -0.1) is 0 Å². The van der Waals surface area contributed by atoms with Crippen LogP contribution in [0.5, 0.6) is 5.75 Å². The lowest BCUT2D eigenvalue weighted by Crippen LogP contribution is -2.43. The van der Waals surface area contributed by atoms with Crippen molar-refractivity contribution in [1.29, 1.82) is 0 Å². The highest BCUT2D eigenvalue weighted by Gasteiger charge is 2.28. The standard InChI is InChI=1S/C16H24N2O4/c1-16(2,3)17-15(20)22-13(14(19)18(4)5)11-7-9-12(21-6)10-8-11/h7-10,13H,1-6H3,(H,17,20)/t13-/m0/s1. The van der Waals surface area contributed by atoms with Crippen LogP contribution in [-0.4, -0.2) is 43.6 Å². The number of amides is 2. The van der Waals surface area contributed by atoms with E-state index in [0.29, 0.717) is 11.3 Å². The zero-order valence-corrected chi connectivity index (χ0v) is 14.0. The first-order chi connectivity index (χ1) is 10.1. The summed E-state index contributed by atoms with van der Waals surface area (Å²) in [5, 5.41) is 2.68. The summed E-state index contributed by atoms with van der Waals surface area (Å²) in [4.78, 5) is 25.6. The van der Waals surface area contributed by atoms with Crippen molar-refractivity contribution >= 4 is 12.0 Å². The van der Waals surface area contributed by atoms with E-state index in [-0.39, 0.29) is 5.91 Å². The van der Waals surface area contributed by atoms with E-state index in [0.717, 1.165) is 0 Å². The van der Waals surface area contributed by atoms with Gasteiger partial charge in [0.05, 0.1) is 7.11 Å². The summed E-state index contributed by atoms with van der Waals surface area (Å²) in [5.74, 6) is 0.355. The van der Waals surface area contributed by atoms with Crippen LogP contribution in [0, 0.1) is 0 Å². The number of ether oxygens (including phenoxy) is 2. The third-order valence-corrected chi connectivity index (χ3v) is 2.79. The van der Waals surface area contributed by atoms with E-state index < -0.39 is 17.7 Å². The maximum absolute atomic E-state index is 12.3. The number of carbonyl (C=O) groups excluding carboxylic acids is 2. The molecule has 0 bridgehead atoms. The number of alkyl carbamates (subject to hydrolysis) is 1. The van der Waals surface area contributed by atoms with Gasteiger partial charge in [-0.1, -0.05) is 12.1 Å². The molecule has 0 aromatic heterocycles. The van der Waals surface area contributed by atoms with Crippen molar-refractivity contribution in [3.05, 3.63) is 29.8 Å². The highest BCUT2D eigenvalue weighted by atomic mass is 16.6. The summed E-state index contributed by atoms with van der Waals surface area (Å²) >= 11 is 0. The minimum atomic E-state index is -0.997. The van der Waals surface area contributed by atoms with Crippen LogP contribution in [0.2, 0.25) is 0 Å². The first-order valence-electron chi connectivity index (χ1n) is 6.98. The minimum absolute atomic E-state index is 0.311. The van der Waals surface area contributed by atoms with Crippen molar-refractivity contribution in [2.45, 2.75) is 32.4 Å². The van der Waals surface area contributed by atoms with Crippen LogP contribution in [0.15, 0.2) is 24.3 Å². The fourth-order valence-electron chi connectivity index (χ4n) is 1.72. The van der Waals surface area contributed by atoms with Gasteiger partial charge in [-0.25, -0.2) is 4.79 Å². The molecule has 0 saturated heterocycles. The van der Waals surface area contributed by atoms with Gasteiger partial charge in [-0.05, 0) is 32.9 Å². The van der Waals surface area contributed by atoms with Gasteiger partial charge in [-0.3, -0.25) is 4.79 Å². The summed E-state index contributed by atoms with van der Waals surface area (Å²) in [6.45, 7) is 5.51. The lowest BCUT2D eigenvalue weighted by atomic mass is 10.1. The van der Waals surface area contributed by atoms with Crippen LogP contribution in [0.1, 0.15) is 32.4 Å². The molecule has 0 heterocycles. The van der Waals surface area contributed by atoms with E-state index in [4.69, 9.17) is 9.47 Å². The van der Waals surface area contributed by atoms with Gasteiger partial charge in [0, 0.05) is 25.2 Å². The normalized spacial score (nSPS) is 12.3. The second-order valence-corrected chi connectivity index (χ2v) is 6.17. The highest BCUT2D eigenvalue weighted by Crippen LogP contribution is 2.23.